The summed E-state index contributed by atoms with van der Waals surface area (Å²) < 4.78 is 5.70. The van der Waals surface area contributed by atoms with Gasteiger partial charge in [0.2, 0.25) is 0 Å². The van der Waals surface area contributed by atoms with Crippen LogP contribution in [0.1, 0.15) is 47.0 Å². The third-order valence-electron chi connectivity index (χ3n) is 2.85. The molecule has 2 heteroatoms. The van der Waals surface area contributed by atoms with Crippen LogP contribution in [-0.4, -0.2) is 24.8 Å². The van der Waals surface area contributed by atoms with Crippen LogP contribution in [0.25, 0.3) is 0 Å². The van der Waals surface area contributed by atoms with E-state index in [1.54, 1.807) is 0 Å². The first-order valence-electron chi connectivity index (χ1n) is 5.96. The molecule has 0 amide bonds. The molecule has 0 aromatic rings. The molecule has 0 aromatic heterocycles. The van der Waals surface area contributed by atoms with Crippen LogP contribution in [0.2, 0.25) is 0 Å². The predicted molar refractivity (Wildman–Crippen MR) is 60.5 cm³/mol. The normalized spacial score (nSPS) is 33.6. The van der Waals surface area contributed by atoms with Gasteiger partial charge in [-0.2, -0.15) is 0 Å². The second kappa shape index (κ2) is 5.72. The molecule has 84 valence electrons. The van der Waals surface area contributed by atoms with E-state index in [1.807, 2.05) is 0 Å². The van der Waals surface area contributed by atoms with Crippen LogP contribution in [0.5, 0.6) is 0 Å². The van der Waals surface area contributed by atoms with E-state index in [1.165, 1.54) is 19.3 Å². The molecule has 0 aliphatic carbocycles. The number of ether oxygens (including phenoxy) is 1. The minimum atomic E-state index is 0.426. The van der Waals surface area contributed by atoms with Gasteiger partial charge >= 0.3 is 0 Å². The summed E-state index contributed by atoms with van der Waals surface area (Å²) >= 11 is 0. The lowest BCUT2D eigenvalue weighted by Gasteiger charge is -2.32. The highest BCUT2D eigenvalue weighted by molar-refractivity contribution is 4.78. The predicted octanol–water partition coefficient (Wildman–Crippen LogP) is 2.58. The number of nitrogens with one attached hydrogen (secondary N) is 1. The molecule has 2 nitrogen and oxygen atoms in total. The molecule has 1 unspecified atom stereocenters. The van der Waals surface area contributed by atoms with Crippen molar-refractivity contribution in [3.63, 3.8) is 0 Å². The quantitative estimate of drug-likeness (QED) is 0.751. The molecule has 0 radical (unpaired) electrons. The summed E-state index contributed by atoms with van der Waals surface area (Å²) in [7, 11) is 0. The summed E-state index contributed by atoms with van der Waals surface area (Å²) in [4.78, 5) is 0. The highest BCUT2D eigenvalue weighted by atomic mass is 16.5. The highest BCUT2D eigenvalue weighted by Gasteiger charge is 2.23. The second-order valence-corrected chi connectivity index (χ2v) is 5.06. The van der Waals surface area contributed by atoms with Crippen LogP contribution in [0.4, 0.5) is 0 Å². The maximum atomic E-state index is 5.70. The fraction of sp³-hybridized carbons (Fsp3) is 1.00. The molecule has 1 rings (SSSR count). The molecular weight excluding hydrogens is 174 g/mol. The van der Waals surface area contributed by atoms with Gasteiger partial charge < -0.3 is 10.1 Å². The average Bonchev–Trinajstić information content (AvgIpc) is 2.01. The minimum absolute atomic E-state index is 0.426. The molecule has 1 aliphatic heterocycles. The van der Waals surface area contributed by atoms with Crippen molar-refractivity contribution in [3.8, 4) is 0 Å². The Labute approximate surface area is 88.4 Å². The van der Waals surface area contributed by atoms with Gasteiger partial charge in [-0.25, -0.2) is 0 Å². The molecule has 0 saturated carbocycles. The Morgan fingerprint density at radius 1 is 1.21 bits per heavy atom. The topological polar surface area (TPSA) is 21.3 Å². The van der Waals surface area contributed by atoms with Crippen LogP contribution in [0.3, 0.4) is 0 Å². The van der Waals surface area contributed by atoms with Gasteiger partial charge in [0.25, 0.3) is 0 Å². The van der Waals surface area contributed by atoms with E-state index >= 15 is 0 Å². The monoisotopic (exact) mass is 199 g/mol. The van der Waals surface area contributed by atoms with Gasteiger partial charge in [-0.05, 0) is 45.6 Å². The molecule has 14 heavy (non-hydrogen) atoms. The van der Waals surface area contributed by atoms with E-state index in [2.05, 4.69) is 33.0 Å². The fourth-order valence-corrected chi connectivity index (χ4v) is 2.15. The van der Waals surface area contributed by atoms with Crippen molar-refractivity contribution in [1.29, 1.82) is 0 Å². The Balaban J connectivity index is 2.17. The zero-order chi connectivity index (χ0) is 10.6. The van der Waals surface area contributed by atoms with E-state index in [0.717, 1.165) is 12.5 Å². The maximum Gasteiger partial charge on any atom is 0.0565 e. The van der Waals surface area contributed by atoms with Crippen molar-refractivity contribution >= 4 is 0 Å². The van der Waals surface area contributed by atoms with Crippen molar-refractivity contribution in [3.05, 3.63) is 0 Å². The molecule has 1 N–H and O–H groups in total. The number of hydrogen-bond acceptors (Lipinski definition) is 2. The van der Waals surface area contributed by atoms with Gasteiger partial charge in [0, 0.05) is 6.04 Å². The summed E-state index contributed by atoms with van der Waals surface area (Å²) in [5.74, 6) is 0.803. The van der Waals surface area contributed by atoms with Crippen LogP contribution >= 0.6 is 0 Å². The largest absolute Gasteiger partial charge is 0.375 e. The Bertz CT molecular complexity index is 148. The molecule has 1 saturated heterocycles. The third kappa shape index (κ3) is 4.43. The lowest BCUT2D eigenvalue weighted by molar-refractivity contribution is -0.0420. The van der Waals surface area contributed by atoms with Gasteiger partial charge in [-0.3, -0.25) is 0 Å². The summed E-state index contributed by atoms with van der Waals surface area (Å²) in [5, 5.41) is 3.63. The molecule has 1 fully saturated rings. The van der Waals surface area contributed by atoms with Gasteiger partial charge in [-0.1, -0.05) is 13.8 Å². The SMILES string of the molecule is CC(C)CCNC1C[C@@H](C)O[C@@H](C)C1. The van der Waals surface area contributed by atoms with Gasteiger partial charge in [-0.15, -0.1) is 0 Å². The van der Waals surface area contributed by atoms with Gasteiger partial charge in [0.05, 0.1) is 12.2 Å². The summed E-state index contributed by atoms with van der Waals surface area (Å²) in [6.45, 7) is 10.1. The lowest BCUT2D eigenvalue weighted by Crippen LogP contribution is -2.41. The highest BCUT2D eigenvalue weighted by Crippen LogP contribution is 2.18. The van der Waals surface area contributed by atoms with Crippen molar-refractivity contribution < 1.29 is 4.74 Å². The van der Waals surface area contributed by atoms with Crippen LogP contribution < -0.4 is 5.32 Å². The maximum absolute atomic E-state index is 5.70. The van der Waals surface area contributed by atoms with E-state index in [-0.39, 0.29) is 0 Å². The van der Waals surface area contributed by atoms with E-state index in [9.17, 15) is 0 Å². The van der Waals surface area contributed by atoms with Gasteiger partial charge in [0.15, 0.2) is 0 Å². The zero-order valence-electron chi connectivity index (χ0n) is 10.0. The third-order valence-corrected chi connectivity index (χ3v) is 2.85. The van der Waals surface area contributed by atoms with Crippen molar-refractivity contribution in [2.45, 2.75) is 65.2 Å². The molecule has 1 heterocycles. The second-order valence-electron chi connectivity index (χ2n) is 5.06. The Hall–Kier alpha value is -0.0800. The molecule has 0 aromatic carbocycles. The van der Waals surface area contributed by atoms with E-state index in [0.29, 0.717) is 18.2 Å². The zero-order valence-corrected chi connectivity index (χ0v) is 10.0. The number of rotatable bonds is 4. The molecule has 1 aliphatic rings. The summed E-state index contributed by atoms with van der Waals surface area (Å²) in [6, 6.07) is 0.674. The summed E-state index contributed by atoms with van der Waals surface area (Å²) in [6.07, 6.45) is 4.47. The molecular formula is C12H25NO. The molecule has 3 atom stereocenters. The first-order valence-corrected chi connectivity index (χ1v) is 5.96. The summed E-state index contributed by atoms with van der Waals surface area (Å²) in [5.41, 5.74) is 0. The van der Waals surface area contributed by atoms with Crippen LogP contribution in [-0.2, 0) is 4.74 Å². The first-order chi connectivity index (χ1) is 6.58. The van der Waals surface area contributed by atoms with Crippen LogP contribution in [0.15, 0.2) is 0 Å². The van der Waals surface area contributed by atoms with E-state index < -0.39 is 0 Å². The Morgan fingerprint density at radius 2 is 1.79 bits per heavy atom. The Morgan fingerprint density at radius 3 is 2.29 bits per heavy atom. The van der Waals surface area contributed by atoms with Gasteiger partial charge in [0.1, 0.15) is 0 Å². The average molecular weight is 199 g/mol. The standard InChI is InChI=1S/C12H25NO/c1-9(2)5-6-13-12-7-10(3)14-11(4)8-12/h9-13H,5-8H2,1-4H3/t10-,11+,12?. The number of hydrogen-bond donors (Lipinski definition) is 1. The molecule has 0 bridgehead atoms. The minimum Gasteiger partial charge on any atom is -0.375 e. The van der Waals surface area contributed by atoms with Crippen molar-refractivity contribution in [1.82, 2.24) is 5.32 Å². The molecule has 0 spiro atoms. The van der Waals surface area contributed by atoms with Crippen molar-refractivity contribution in [2.24, 2.45) is 5.92 Å². The lowest BCUT2D eigenvalue weighted by atomic mass is 9.99. The van der Waals surface area contributed by atoms with E-state index in [4.69, 9.17) is 4.74 Å². The van der Waals surface area contributed by atoms with Crippen molar-refractivity contribution in [2.75, 3.05) is 6.54 Å². The Kier molecular flexibility index (Phi) is 4.90. The first kappa shape index (κ1) is 12.0. The van der Waals surface area contributed by atoms with Crippen LogP contribution in [0, 0.1) is 5.92 Å². The fourth-order valence-electron chi connectivity index (χ4n) is 2.15. The smallest absolute Gasteiger partial charge is 0.0565 e.